The van der Waals surface area contributed by atoms with E-state index in [2.05, 4.69) is 20.9 Å². The molecule has 2 aromatic carbocycles. The van der Waals surface area contributed by atoms with Gasteiger partial charge in [-0.2, -0.15) is 0 Å². The van der Waals surface area contributed by atoms with E-state index in [1.54, 1.807) is 4.57 Å². The standard InChI is InChI=1S/C13H9BrN2O/c14-9-4-3-5-10(8-9)16-12-7-2-1-6-11(12)15-13(16)17/h1-8H,(H,15,17). The van der Waals surface area contributed by atoms with E-state index in [0.717, 1.165) is 21.2 Å². The summed E-state index contributed by atoms with van der Waals surface area (Å²) in [5.41, 5.74) is 2.46. The smallest absolute Gasteiger partial charge is 0.305 e. The Balaban J connectivity index is 2.37. The number of aromatic nitrogens is 2. The third-order valence-electron chi connectivity index (χ3n) is 2.66. The molecular formula is C13H9BrN2O. The van der Waals surface area contributed by atoms with Crippen LogP contribution in [0.25, 0.3) is 16.7 Å². The minimum Gasteiger partial charge on any atom is -0.305 e. The molecule has 1 N–H and O–H groups in total. The molecule has 0 saturated carbocycles. The fourth-order valence-corrected chi connectivity index (χ4v) is 2.31. The van der Waals surface area contributed by atoms with E-state index in [0.29, 0.717) is 0 Å². The highest BCUT2D eigenvalue weighted by Gasteiger charge is 2.07. The second kappa shape index (κ2) is 3.89. The van der Waals surface area contributed by atoms with E-state index in [4.69, 9.17) is 0 Å². The fraction of sp³-hybridized carbons (Fsp3) is 0. The molecule has 0 fully saturated rings. The summed E-state index contributed by atoms with van der Waals surface area (Å²) in [5.74, 6) is 0. The molecule has 17 heavy (non-hydrogen) atoms. The van der Waals surface area contributed by atoms with E-state index in [1.807, 2.05) is 48.5 Å². The van der Waals surface area contributed by atoms with Gasteiger partial charge in [0, 0.05) is 4.47 Å². The number of imidazole rings is 1. The summed E-state index contributed by atoms with van der Waals surface area (Å²) in [7, 11) is 0. The van der Waals surface area contributed by atoms with Crippen LogP contribution in [-0.4, -0.2) is 9.55 Å². The molecule has 0 amide bonds. The van der Waals surface area contributed by atoms with Gasteiger partial charge < -0.3 is 4.98 Å². The molecule has 3 aromatic rings. The number of hydrogen-bond acceptors (Lipinski definition) is 1. The maximum Gasteiger partial charge on any atom is 0.331 e. The van der Waals surface area contributed by atoms with Crippen LogP contribution in [0.15, 0.2) is 57.8 Å². The molecule has 0 spiro atoms. The monoisotopic (exact) mass is 288 g/mol. The van der Waals surface area contributed by atoms with Gasteiger partial charge in [-0.3, -0.25) is 4.57 Å². The van der Waals surface area contributed by atoms with Gasteiger partial charge in [-0.25, -0.2) is 4.79 Å². The molecular weight excluding hydrogens is 280 g/mol. The van der Waals surface area contributed by atoms with Gasteiger partial charge in [0.1, 0.15) is 0 Å². The molecule has 0 aliphatic carbocycles. The number of aromatic amines is 1. The first-order valence-electron chi connectivity index (χ1n) is 5.21. The maximum absolute atomic E-state index is 11.9. The van der Waals surface area contributed by atoms with Gasteiger partial charge in [-0.1, -0.05) is 34.1 Å². The van der Waals surface area contributed by atoms with Crippen LogP contribution in [0.2, 0.25) is 0 Å². The number of hydrogen-bond donors (Lipinski definition) is 1. The van der Waals surface area contributed by atoms with E-state index in [9.17, 15) is 4.79 Å². The van der Waals surface area contributed by atoms with Crippen molar-refractivity contribution in [3.05, 3.63) is 63.5 Å². The number of rotatable bonds is 1. The summed E-state index contributed by atoms with van der Waals surface area (Å²) >= 11 is 3.41. The number of benzene rings is 2. The minimum absolute atomic E-state index is 0.121. The van der Waals surface area contributed by atoms with Crippen molar-refractivity contribution < 1.29 is 0 Å². The van der Waals surface area contributed by atoms with E-state index in [-0.39, 0.29) is 5.69 Å². The zero-order valence-corrected chi connectivity index (χ0v) is 10.4. The number of H-pyrrole nitrogens is 1. The lowest BCUT2D eigenvalue weighted by Gasteiger charge is -2.03. The Morgan fingerprint density at radius 3 is 2.71 bits per heavy atom. The van der Waals surface area contributed by atoms with Crippen molar-refractivity contribution >= 4 is 27.0 Å². The van der Waals surface area contributed by atoms with Crippen LogP contribution < -0.4 is 5.69 Å². The van der Waals surface area contributed by atoms with Crippen molar-refractivity contribution in [1.82, 2.24) is 9.55 Å². The Hall–Kier alpha value is -1.81. The Morgan fingerprint density at radius 2 is 1.88 bits per heavy atom. The SMILES string of the molecule is O=c1[nH]c2ccccc2n1-c1cccc(Br)c1. The molecule has 3 nitrogen and oxygen atoms in total. The van der Waals surface area contributed by atoms with Crippen LogP contribution in [0, 0.1) is 0 Å². The quantitative estimate of drug-likeness (QED) is 0.734. The summed E-state index contributed by atoms with van der Waals surface area (Å²) in [5, 5.41) is 0. The molecule has 3 rings (SSSR count). The number of para-hydroxylation sites is 2. The van der Waals surface area contributed by atoms with Gasteiger partial charge in [-0.05, 0) is 30.3 Å². The minimum atomic E-state index is -0.121. The highest BCUT2D eigenvalue weighted by atomic mass is 79.9. The zero-order valence-electron chi connectivity index (χ0n) is 8.85. The molecule has 1 heterocycles. The Morgan fingerprint density at radius 1 is 1.06 bits per heavy atom. The predicted octanol–water partition coefficient (Wildman–Crippen LogP) is 3.08. The summed E-state index contributed by atoms with van der Waals surface area (Å²) in [6, 6.07) is 15.3. The van der Waals surface area contributed by atoms with Gasteiger partial charge in [-0.15, -0.1) is 0 Å². The first-order valence-corrected chi connectivity index (χ1v) is 6.01. The van der Waals surface area contributed by atoms with Crippen molar-refractivity contribution in [2.75, 3.05) is 0 Å². The summed E-state index contributed by atoms with van der Waals surface area (Å²) in [4.78, 5) is 14.8. The number of nitrogens with one attached hydrogen (secondary N) is 1. The van der Waals surface area contributed by atoms with Crippen LogP contribution in [0.5, 0.6) is 0 Å². The van der Waals surface area contributed by atoms with E-state index < -0.39 is 0 Å². The van der Waals surface area contributed by atoms with Crippen LogP contribution in [-0.2, 0) is 0 Å². The van der Waals surface area contributed by atoms with Gasteiger partial charge >= 0.3 is 5.69 Å². The van der Waals surface area contributed by atoms with E-state index >= 15 is 0 Å². The second-order valence-corrected chi connectivity index (χ2v) is 4.68. The van der Waals surface area contributed by atoms with Gasteiger partial charge in [0.15, 0.2) is 0 Å². The lowest BCUT2D eigenvalue weighted by Crippen LogP contribution is -2.14. The molecule has 0 atom stereocenters. The lowest BCUT2D eigenvalue weighted by atomic mass is 10.3. The van der Waals surface area contributed by atoms with Crippen LogP contribution in [0.3, 0.4) is 0 Å². The highest BCUT2D eigenvalue weighted by Crippen LogP contribution is 2.18. The normalized spacial score (nSPS) is 10.9. The average molecular weight is 289 g/mol. The van der Waals surface area contributed by atoms with Crippen molar-refractivity contribution in [3.63, 3.8) is 0 Å². The molecule has 84 valence electrons. The molecule has 0 aliphatic rings. The van der Waals surface area contributed by atoms with Gasteiger partial charge in [0.25, 0.3) is 0 Å². The molecule has 0 saturated heterocycles. The van der Waals surface area contributed by atoms with E-state index in [1.165, 1.54) is 0 Å². The predicted molar refractivity (Wildman–Crippen MR) is 71.6 cm³/mol. The average Bonchev–Trinajstić information content (AvgIpc) is 2.64. The first kappa shape index (κ1) is 10.4. The second-order valence-electron chi connectivity index (χ2n) is 3.76. The Kier molecular flexibility index (Phi) is 2.37. The van der Waals surface area contributed by atoms with Crippen molar-refractivity contribution in [3.8, 4) is 5.69 Å². The van der Waals surface area contributed by atoms with Crippen LogP contribution in [0.4, 0.5) is 0 Å². The summed E-state index contributed by atoms with van der Waals surface area (Å²) in [6.45, 7) is 0. The van der Waals surface area contributed by atoms with Crippen molar-refractivity contribution in [1.29, 1.82) is 0 Å². The molecule has 1 aromatic heterocycles. The summed E-state index contributed by atoms with van der Waals surface area (Å²) in [6.07, 6.45) is 0. The van der Waals surface area contributed by atoms with Gasteiger partial charge in [0.05, 0.1) is 16.7 Å². The van der Waals surface area contributed by atoms with Gasteiger partial charge in [0.2, 0.25) is 0 Å². The van der Waals surface area contributed by atoms with Crippen molar-refractivity contribution in [2.24, 2.45) is 0 Å². The number of halogens is 1. The summed E-state index contributed by atoms with van der Waals surface area (Å²) < 4.78 is 2.62. The Labute approximate surface area is 106 Å². The highest BCUT2D eigenvalue weighted by molar-refractivity contribution is 9.10. The largest absolute Gasteiger partial charge is 0.331 e. The Bertz CT molecular complexity index is 742. The third-order valence-corrected chi connectivity index (χ3v) is 3.15. The number of fused-ring (bicyclic) bond motifs is 1. The van der Waals surface area contributed by atoms with Crippen LogP contribution in [0.1, 0.15) is 0 Å². The number of nitrogens with zero attached hydrogens (tertiary/aromatic N) is 1. The van der Waals surface area contributed by atoms with Crippen molar-refractivity contribution in [2.45, 2.75) is 0 Å². The zero-order chi connectivity index (χ0) is 11.8. The fourth-order valence-electron chi connectivity index (χ4n) is 1.93. The third kappa shape index (κ3) is 1.70. The lowest BCUT2D eigenvalue weighted by molar-refractivity contribution is 1.02. The molecule has 4 heteroatoms. The topological polar surface area (TPSA) is 37.8 Å². The van der Waals surface area contributed by atoms with Crippen LogP contribution >= 0.6 is 15.9 Å². The first-order chi connectivity index (χ1) is 8.25. The molecule has 0 radical (unpaired) electrons. The molecule has 0 aliphatic heterocycles. The molecule has 0 unspecified atom stereocenters. The molecule has 0 bridgehead atoms. The maximum atomic E-state index is 11.9.